The number of hydrogen-bond donors (Lipinski definition) is 2. The van der Waals surface area contributed by atoms with Gasteiger partial charge in [-0.25, -0.2) is 9.97 Å². The number of primary amides is 1. The van der Waals surface area contributed by atoms with Gasteiger partial charge in [-0.1, -0.05) is 29.3 Å². The first-order valence-corrected chi connectivity index (χ1v) is 8.37. The van der Waals surface area contributed by atoms with Gasteiger partial charge in [0.2, 0.25) is 17.7 Å². The zero-order chi connectivity index (χ0) is 19.4. The van der Waals surface area contributed by atoms with Gasteiger partial charge in [0.1, 0.15) is 17.4 Å². The van der Waals surface area contributed by atoms with E-state index in [2.05, 4.69) is 15.3 Å². The quantitative estimate of drug-likeness (QED) is 0.606. The van der Waals surface area contributed by atoms with Crippen molar-refractivity contribution in [1.82, 2.24) is 14.5 Å². The highest BCUT2D eigenvalue weighted by Crippen LogP contribution is 2.22. The summed E-state index contributed by atoms with van der Waals surface area (Å²) in [5.74, 6) is -0.164. The molecule has 3 aromatic rings. The van der Waals surface area contributed by atoms with Gasteiger partial charge < -0.3 is 20.4 Å². The van der Waals surface area contributed by atoms with Crippen molar-refractivity contribution in [3.05, 3.63) is 64.8 Å². The molecule has 2 heterocycles. The maximum atomic E-state index is 12.1. The third-order valence-corrected chi connectivity index (χ3v) is 4.18. The van der Waals surface area contributed by atoms with Crippen LogP contribution >= 0.6 is 35.6 Å². The van der Waals surface area contributed by atoms with Crippen molar-refractivity contribution in [1.29, 1.82) is 0 Å². The van der Waals surface area contributed by atoms with E-state index < -0.39 is 5.91 Å². The summed E-state index contributed by atoms with van der Waals surface area (Å²) >= 11 is 11.7. The third-order valence-electron chi connectivity index (χ3n) is 3.41. The molecule has 0 atom stereocenters. The fourth-order valence-corrected chi connectivity index (χ4v) is 2.46. The van der Waals surface area contributed by atoms with Gasteiger partial charge in [-0.2, -0.15) is 0 Å². The van der Waals surface area contributed by atoms with E-state index in [-0.39, 0.29) is 35.2 Å². The van der Waals surface area contributed by atoms with Crippen molar-refractivity contribution >= 4 is 53.1 Å². The summed E-state index contributed by atoms with van der Waals surface area (Å²) < 4.78 is 6.98. The van der Waals surface area contributed by atoms with E-state index in [1.54, 1.807) is 30.3 Å². The summed E-state index contributed by atoms with van der Waals surface area (Å²) in [6.07, 6.45) is 2.81. The van der Waals surface area contributed by atoms with Crippen LogP contribution in [0.2, 0.25) is 10.3 Å². The monoisotopic (exact) mass is 441 g/mol. The van der Waals surface area contributed by atoms with Crippen LogP contribution in [0.25, 0.3) is 0 Å². The summed E-state index contributed by atoms with van der Waals surface area (Å²) in [5, 5.41) is 2.99. The van der Waals surface area contributed by atoms with Crippen LogP contribution in [0, 0.1) is 0 Å². The molecular weight excluding hydrogens is 429 g/mol. The van der Waals surface area contributed by atoms with Crippen LogP contribution in [-0.4, -0.2) is 26.3 Å². The van der Waals surface area contributed by atoms with E-state index in [0.29, 0.717) is 22.9 Å². The Hall–Kier alpha value is -2.81. The van der Waals surface area contributed by atoms with Gasteiger partial charge in [0.15, 0.2) is 5.15 Å². The van der Waals surface area contributed by atoms with Crippen LogP contribution in [-0.2, 0) is 11.3 Å². The number of nitrogens with one attached hydrogen (secondary N) is 1. The zero-order valence-electron chi connectivity index (χ0n) is 14.1. The molecule has 0 fully saturated rings. The molecule has 0 aliphatic rings. The molecule has 3 rings (SSSR count). The second-order valence-corrected chi connectivity index (χ2v) is 6.10. The molecule has 0 bridgehead atoms. The molecule has 0 unspecified atom stereocenters. The highest BCUT2D eigenvalue weighted by molar-refractivity contribution is 6.40. The number of carbonyl (C=O) groups is 2. The highest BCUT2D eigenvalue weighted by atomic mass is 35.5. The van der Waals surface area contributed by atoms with E-state index in [0.717, 1.165) is 0 Å². The van der Waals surface area contributed by atoms with Gasteiger partial charge in [-0.15, -0.1) is 12.4 Å². The van der Waals surface area contributed by atoms with Crippen molar-refractivity contribution < 1.29 is 14.3 Å². The van der Waals surface area contributed by atoms with Crippen molar-refractivity contribution in [2.75, 3.05) is 5.32 Å². The van der Waals surface area contributed by atoms with E-state index in [9.17, 15) is 9.59 Å². The average Bonchev–Trinajstić information content (AvgIpc) is 2.95. The van der Waals surface area contributed by atoms with Gasteiger partial charge in [0.25, 0.3) is 0 Å². The number of ether oxygens (including phenoxy) is 1. The predicted octanol–water partition coefficient (Wildman–Crippen LogP) is 3.54. The second kappa shape index (κ2) is 9.41. The summed E-state index contributed by atoms with van der Waals surface area (Å²) in [4.78, 5) is 31.2. The molecule has 146 valence electrons. The minimum atomic E-state index is -0.550. The summed E-state index contributed by atoms with van der Waals surface area (Å²) in [6, 6.07) is 9.62. The molecule has 11 heteroatoms. The number of halogens is 3. The van der Waals surface area contributed by atoms with Crippen LogP contribution in [0.1, 0.15) is 10.4 Å². The summed E-state index contributed by atoms with van der Waals surface area (Å²) in [5.41, 5.74) is 6.04. The number of imidazole rings is 1. The topological polar surface area (TPSA) is 112 Å². The van der Waals surface area contributed by atoms with E-state index in [1.165, 1.54) is 23.2 Å². The predicted molar refractivity (Wildman–Crippen MR) is 107 cm³/mol. The minimum Gasteiger partial charge on any atom is -0.439 e. The molecule has 0 aliphatic heterocycles. The van der Waals surface area contributed by atoms with Crippen LogP contribution in [0.4, 0.5) is 5.69 Å². The molecule has 2 amide bonds. The molecule has 3 N–H and O–H groups in total. The smallest absolute Gasteiger partial charge is 0.248 e. The van der Waals surface area contributed by atoms with Crippen molar-refractivity contribution in [2.45, 2.75) is 6.54 Å². The Balaban J connectivity index is 0.00000280. The lowest BCUT2D eigenvalue weighted by atomic mass is 10.2. The SMILES string of the molecule is Cl.NC(=O)c1cccc(Oc2ccc(NC(=O)Cn3cnc(Cl)c3Cl)cn2)c1. The van der Waals surface area contributed by atoms with Crippen LogP contribution in [0.3, 0.4) is 0 Å². The lowest BCUT2D eigenvalue weighted by Gasteiger charge is -2.08. The number of nitrogens with zero attached hydrogens (tertiary/aromatic N) is 3. The van der Waals surface area contributed by atoms with Crippen molar-refractivity contribution in [3.63, 3.8) is 0 Å². The molecule has 28 heavy (non-hydrogen) atoms. The number of rotatable bonds is 6. The van der Waals surface area contributed by atoms with E-state index in [4.69, 9.17) is 33.7 Å². The first-order chi connectivity index (χ1) is 12.9. The highest BCUT2D eigenvalue weighted by Gasteiger charge is 2.11. The fraction of sp³-hybridized carbons (Fsp3) is 0.0588. The molecule has 0 radical (unpaired) electrons. The molecule has 0 saturated heterocycles. The number of nitrogens with two attached hydrogens (primary N) is 1. The minimum absolute atomic E-state index is 0. The maximum absolute atomic E-state index is 12.1. The molecule has 0 spiro atoms. The first-order valence-electron chi connectivity index (χ1n) is 7.62. The van der Waals surface area contributed by atoms with Gasteiger partial charge in [0, 0.05) is 11.6 Å². The Kier molecular flexibility index (Phi) is 7.22. The van der Waals surface area contributed by atoms with Gasteiger partial charge in [-0.3, -0.25) is 9.59 Å². The van der Waals surface area contributed by atoms with Crippen LogP contribution < -0.4 is 15.8 Å². The van der Waals surface area contributed by atoms with Crippen LogP contribution in [0.15, 0.2) is 48.9 Å². The Morgan fingerprint density at radius 3 is 2.57 bits per heavy atom. The summed E-state index contributed by atoms with van der Waals surface area (Å²) in [6.45, 7) is -0.0449. The number of anilines is 1. The number of benzene rings is 1. The first kappa shape index (κ1) is 21.5. The van der Waals surface area contributed by atoms with Gasteiger partial charge in [-0.05, 0) is 24.3 Å². The van der Waals surface area contributed by atoms with Crippen molar-refractivity contribution in [3.8, 4) is 11.6 Å². The molecule has 1 aromatic carbocycles. The fourth-order valence-electron chi connectivity index (χ4n) is 2.16. The standard InChI is InChI=1S/C17H13Cl2N5O3.ClH/c18-15-16(19)24(9-22-15)8-13(25)23-11-4-5-14(21-7-11)27-12-3-1-2-10(6-12)17(20)26;/h1-7,9H,8H2,(H2,20,26)(H,23,25);1H. The largest absolute Gasteiger partial charge is 0.439 e. The zero-order valence-corrected chi connectivity index (χ0v) is 16.5. The van der Waals surface area contributed by atoms with Gasteiger partial charge >= 0.3 is 0 Å². The van der Waals surface area contributed by atoms with Gasteiger partial charge in [0.05, 0.1) is 18.2 Å². The lowest BCUT2D eigenvalue weighted by Crippen LogP contribution is -2.18. The third kappa shape index (κ3) is 5.35. The Bertz CT molecular complexity index is 992. The number of hydrogen-bond acceptors (Lipinski definition) is 5. The maximum Gasteiger partial charge on any atom is 0.248 e. The van der Waals surface area contributed by atoms with Crippen molar-refractivity contribution in [2.24, 2.45) is 5.73 Å². The number of pyridine rings is 1. The summed E-state index contributed by atoms with van der Waals surface area (Å²) in [7, 11) is 0. The number of amides is 2. The molecular formula is C17H14Cl3N5O3. The lowest BCUT2D eigenvalue weighted by molar-refractivity contribution is -0.116. The number of aromatic nitrogens is 3. The second-order valence-electron chi connectivity index (χ2n) is 5.38. The molecule has 0 aliphatic carbocycles. The Morgan fingerprint density at radius 2 is 1.96 bits per heavy atom. The van der Waals surface area contributed by atoms with Crippen LogP contribution in [0.5, 0.6) is 11.6 Å². The molecule has 2 aromatic heterocycles. The van der Waals surface area contributed by atoms with E-state index >= 15 is 0 Å². The Morgan fingerprint density at radius 1 is 1.18 bits per heavy atom. The molecule has 8 nitrogen and oxygen atoms in total. The Labute approximate surface area is 176 Å². The van der Waals surface area contributed by atoms with E-state index in [1.807, 2.05) is 0 Å². The number of carbonyl (C=O) groups excluding carboxylic acids is 2. The molecule has 0 saturated carbocycles. The average molecular weight is 443 g/mol. The normalized spacial score (nSPS) is 10.1.